The average Bonchev–Trinajstić information content (AvgIpc) is 2.55. The topological polar surface area (TPSA) is 29.5 Å². The SMILES string of the molecule is CCOCC1CCCN(C(=O)CCCc2ccc(Cl)cc2)C1. The molecule has 22 heavy (non-hydrogen) atoms. The molecule has 1 saturated heterocycles. The van der Waals surface area contributed by atoms with E-state index in [0.29, 0.717) is 12.3 Å². The maximum Gasteiger partial charge on any atom is 0.222 e. The van der Waals surface area contributed by atoms with Crippen LogP contribution < -0.4 is 0 Å². The summed E-state index contributed by atoms with van der Waals surface area (Å²) in [6.07, 6.45) is 4.73. The highest BCUT2D eigenvalue weighted by Crippen LogP contribution is 2.18. The Morgan fingerprint density at radius 2 is 2.14 bits per heavy atom. The minimum Gasteiger partial charge on any atom is -0.381 e. The number of likely N-dealkylation sites (tertiary alicyclic amines) is 1. The number of ether oxygens (including phenoxy) is 1. The van der Waals surface area contributed by atoms with Crippen molar-refractivity contribution in [2.45, 2.75) is 39.0 Å². The molecule has 1 aromatic rings. The van der Waals surface area contributed by atoms with Gasteiger partial charge in [0.15, 0.2) is 0 Å². The summed E-state index contributed by atoms with van der Waals surface area (Å²) in [6, 6.07) is 7.88. The number of piperidine rings is 1. The minimum absolute atomic E-state index is 0.287. The Hall–Kier alpha value is -1.06. The van der Waals surface area contributed by atoms with Crippen molar-refractivity contribution in [3.05, 3.63) is 34.9 Å². The monoisotopic (exact) mass is 323 g/mol. The molecule has 1 fully saturated rings. The van der Waals surface area contributed by atoms with Gasteiger partial charge < -0.3 is 9.64 Å². The van der Waals surface area contributed by atoms with Crippen LogP contribution in [0.15, 0.2) is 24.3 Å². The summed E-state index contributed by atoms with van der Waals surface area (Å²) in [7, 11) is 0. The first kappa shape index (κ1) is 17.3. The first-order valence-electron chi connectivity index (χ1n) is 8.29. The number of aryl methyl sites for hydroxylation is 1. The van der Waals surface area contributed by atoms with Crippen molar-refractivity contribution < 1.29 is 9.53 Å². The summed E-state index contributed by atoms with van der Waals surface area (Å²) in [6.45, 7) is 5.32. The fourth-order valence-corrected chi connectivity index (χ4v) is 3.09. The Morgan fingerprint density at radius 3 is 2.86 bits per heavy atom. The highest BCUT2D eigenvalue weighted by atomic mass is 35.5. The van der Waals surface area contributed by atoms with E-state index < -0.39 is 0 Å². The molecule has 0 saturated carbocycles. The number of carbonyl (C=O) groups excluding carboxylic acids is 1. The summed E-state index contributed by atoms with van der Waals surface area (Å²) in [5, 5.41) is 0.758. The summed E-state index contributed by atoms with van der Waals surface area (Å²) >= 11 is 5.88. The largest absolute Gasteiger partial charge is 0.381 e. The van der Waals surface area contributed by atoms with E-state index in [0.717, 1.165) is 50.6 Å². The van der Waals surface area contributed by atoms with Gasteiger partial charge in [-0.15, -0.1) is 0 Å². The van der Waals surface area contributed by atoms with Gasteiger partial charge in [-0.1, -0.05) is 23.7 Å². The number of halogens is 1. The van der Waals surface area contributed by atoms with Crippen LogP contribution in [-0.4, -0.2) is 37.1 Å². The van der Waals surface area contributed by atoms with E-state index in [9.17, 15) is 4.79 Å². The highest BCUT2D eigenvalue weighted by molar-refractivity contribution is 6.30. The molecule has 0 aromatic heterocycles. The van der Waals surface area contributed by atoms with E-state index in [1.807, 2.05) is 36.1 Å². The predicted octanol–water partition coefficient (Wildman–Crippen LogP) is 3.94. The molecule has 0 aliphatic carbocycles. The highest BCUT2D eigenvalue weighted by Gasteiger charge is 2.23. The minimum atomic E-state index is 0.287. The number of carbonyl (C=O) groups is 1. The molecule has 4 heteroatoms. The molecule has 1 aromatic carbocycles. The van der Waals surface area contributed by atoms with Crippen LogP contribution >= 0.6 is 11.6 Å². The quantitative estimate of drug-likeness (QED) is 0.760. The van der Waals surface area contributed by atoms with Crippen LogP contribution in [0.4, 0.5) is 0 Å². The van der Waals surface area contributed by atoms with Crippen molar-refractivity contribution in [1.29, 1.82) is 0 Å². The second-order valence-corrected chi connectivity index (χ2v) is 6.42. The lowest BCUT2D eigenvalue weighted by Crippen LogP contribution is -2.41. The maximum atomic E-state index is 12.3. The molecule has 3 nitrogen and oxygen atoms in total. The summed E-state index contributed by atoms with van der Waals surface area (Å²) in [4.78, 5) is 14.3. The Balaban J connectivity index is 1.71. The van der Waals surface area contributed by atoms with Crippen LogP contribution in [0, 0.1) is 5.92 Å². The van der Waals surface area contributed by atoms with Gasteiger partial charge in [0.05, 0.1) is 6.61 Å². The van der Waals surface area contributed by atoms with Gasteiger partial charge in [0, 0.05) is 31.1 Å². The first-order valence-corrected chi connectivity index (χ1v) is 8.66. The summed E-state index contributed by atoms with van der Waals surface area (Å²) in [5.74, 6) is 0.795. The number of hydrogen-bond donors (Lipinski definition) is 0. The first-order chi connectivity index (χ1) is 10.7. The van der Waals surface area contributed by atoms with Crippen molar-refractivity contribution in [2.75, 3.05) is 26.3 Å². The van der Waals surface area contributed by atoms with Gasteiger partial charge >= 0.3 is 0 Å². The normalized spacial score (nSPS) is 18.5. The Bertz CT molecular complexity index is 461. The maximum absolute atomic E-state index is 12.3. The zero-order chi connectivity index (χ0) is 15.8. The average molecular weight is 324 g/mol. The van der Waals surface area contributed by atoms with Crippen LogP contribution in [0.2, 0.25) is 5.02 Å². The Kier molecular flexibility index (Phi) is 7.20. The fraction of sp³-hybridized carbons (Fsp3) is 0.611. The van der Waals surface area contributed by atoms with Crippen molar-refractivity contribution >= 4 is 17.5 Å². The van der Waals surface area contributed by atoms with Crippen LogP contribution in [0.3, 0.4) is 0 Å². The van der Waals surface area contributed by atoms with Gasteiger partial charge in [-0.25, -0.2) is 0 Å². The second-order valence-electron chi connectivity index (χ2n) is 5.99. The van der Waals surface area contributed by atoms with Crippen molar-refractivity contribution in [2.24, 2.45) is 5.92 Å². The molecule has 1 heterocycles. The van der Waals surface area contributed by atoms with Crippen molar-refractivity contribution in [1.82, 2.24) is 4.90 Å². The van der Waals surface area contributed by atoms with Gasteiger partial charge in [-0.2, -0.15) is 0 Å². The van der Waals surface area contributed by atoms with E-state index in [2.05, 4.69) is 0 Å². The molecule has 122 valence electrons. The zero-order valence-electron chi connectivity index (χ0n) is 13.4. The third-order valence-electron chi connectivity index (χ3n) is 4.20. The molecule has 2 rings (SSSR count). The van der Waals surface area contributed by atoms with Crippen LogP contribution in [-0.2, 0) is 16.0 Å². The van der Waals surface area contributed by atoms with Crippen molar-refractivity contribution in [3.63, 3.8) is 0 Å². The molecule has 1 amide bonds. The number of nitrogens with zero attached hydrogens (tertiary/aromatic N) is 1. The van der Waals surface area contributed by atoms with E-state index in [4.69, 9.17) is 16.3 Å². The summed E-state index contributed by atoms with van der Waals surface area (Å²) < 4.78 is 5.50. The molecule has 0 N–H and O–H groups in total. The van der Waals surface area contributed by atoms with Gasteiger partial charge in [0.1, 0.15) is 0 Å². The molecule has 1 unspecified atom stereocenters. The molecule has 0 bridgehead atoms. The number of rotatable bonds is 7. The van der Waals surface area contributed by atoms with E-state index in [1.54, 1.807) is 0 Å². The predicted molar refractivity (Wildman–Crippen MR) is 90.2 cm³/mol. The molecule has 1 atom stereocenters. The van der Waals surface area contributed by atoms with Crippen LogP contribution in [0.5, 0.6) is 0 Å². The van der Waals surface area contributed by atoms with Gasteiger partial charge in [0.25, 0.3) is 0 Å². The third-order valence-corrected chi connectivity index (χ3v) is 4.45. The molecular formula is C18H26ClNO2. The molecule has 1 aliphatic heterocycles. The molecule has 0 radical (unpaired) electrons. The van der Waals surface area contributed by atoms with Gasteiger partial charge in [0.2, 0.25) is 5.91 Å². The molecule has 0 spiro atoms. The van der Waals surface area contributed by atoms with Gasteiger partial charge in [-0.05, 0) is 56.2 Å². The van der Waals surface area contributed by atoms with Crippen LogP contribution in [0.1, 0.15) is 38.2 Å². The van der Waals surface area contributed by atoms with E-state index in [1.165, 1.54) is 12.0 Å². The van der Waals surface area contributed by atoms with E-state index in [-0.39, 0.29) is 5.91 Å². The Morgan fingerprint density at radius 1 is 1.36 bits per heavy atom. The third kappa shape index (κ3) is 5.62. The molecular weight excluding hydrogens is 298 g/mol. The number of benzene rings is 1. The lowest BCUT2D eigenvalue weighted by atomic mass is 9.98. The number of amides is 1. The zero-order valence-corrected chi connectivity index (χ0v) is 14.1. The Labute approximate surface area is 138 Å². The van der Waals surface area contributed by atoms with Crippen LogP contribution in [0.25, 0.3) is 0 Å². The lowest BCUT2D eigenvalue weighted by molar-refractivity contribution is -0.133. The fourth-order valence-electron chi connectivity index (χ4n) is 2.97. The van der Waals surface area contributed by atoms with Crippen molar-refractivity contribution in [3.8, 4) is 0 Å². The van der Waals surface area contributed by atoms with Gasteiger partial charge in [-0.3, -0.25) is 4.79 Å². The smallest absolute Gasteiger partial charge is 0.222 e. The molecule has 1 aliphatic rings. The second kappa shape index (κ2) is 9.16. The number of hydrogen-bond acceptors (Lipinski definition) is 2. The van der Waals surface area contributed by atoms with E-state index >= 15 is 0 Å². The standard InChI is InChI=1S/C18H26ClNO2/c1-2-22-14-16-6-4-12-20(13-16)18(21)7-3-5-15-8-10-17(19)11-9-15/h8-11,16H,2-7,12-14H2,1H3. The summed E-state index contributed by atoms with van der Waals surface area (Å²) in [5.41, 5.74) is 1.24. The lowest BCUT2D eigenvalue weighted by Gasteiger charge is -2.32.